The van der Waals surface area contributed by atoms with Crippen LogP contribution in [0.25, 0.3) is 11.4 Å². The molecule has 1 aromatic heterocycles. The van der Waals surface area contributed by atoms with Crippen molar-refractivity contribution in [2.45, 2.75) is 20.8 Å². The number of quaternary nitrogens is 1. The summed E-state index contributed by atoms with van der Waals surface area (Å²) in [5.41, 5.74) is 3.54. The van der Waals surface area contributed by atoms with Crippen molar-refractivity contribution < 1.29 is 10.0 Å². The molecule has 0 unspecified atom stereocenters. The van der Waals surface area contributed by atoms with Gasteiger partial charge in [-0.3, -0.25) is 0 Å². The lowest BCUT2D eigenvalue weighted by molar-refractivity contribution is -0.828. The lowest BCUT2D eigenvalue weighted by atomic mass is 10.1. The van der Waals surface area contributed by atoms with Crippen molar-refractivity contribution in [3.8, 4) is 17.1 Å². The molecule has 0 aliphatic heterocycles. The van der Waals surface area contributed by atoms with E-state index in [1.165, 1.54) is 15.8 Å². The van der Waals surface area contributed by atoms with Crippen LogP contribution in [-0.2, 0) is 0 Å². The summed E-state index contributed by atoms with van der Waals surface area (Å²) in [6, 6.07) is 13.4. The van der Waals surface area contributed by atoms with E-state index in [1.807, 2.05) is 43.3 Å². The molecule has 2 aromatic carbocycles. The molecule has 27 heavy (non-hydrogen) atoms. The number of nitrogens with zero attached hydrogens (tertiary/aromatic N) is 3. The maximum absolute atomic E-state index is 12.5. The maximum Gasteiger partial charge on any atom is 0.216 e. The first-order valence-electron chi connectivity index (χ1n) is 8.98. The highest BCUT2D eigenvalue weighted by molar-refractivity contribution is 7.71. The Kier molecular flexibility index (Phi) is 5.83. The van der Waals surface area contributed by atoms with E-state index in [-0.39, 0.29) is 5.75 Å². The summed E-state index contributed by atoms with van der Waals surface area (Å²) in [5, 5.41) is 23.9. The van der Waals surface area contributed by atoms with Crippen molar-refractivity contribution >= 4 is 24.1 Å². The highest BCUT2D eigenvalue weighted by Crippen LogP contribution is 2.19. The Hall–Kier alpha value is -2.77. The van der Waals surface area contributed by atoms with E-state index in [0.717, 1.165) is 29.9 Å². The normalized spacial score (nSPS) is 11.6. The molecule has 1 heterocycles. The van der Waals surface area contributed by atoms with Crippen molar-refractivity contribution in [2.24, 2.45) is 5.10 Å². The van der Waals surface area contributed by atoms with E-state index in [4.69, 9.17) is 12.2 Å². The lowest BCUT2D eigenvalue weighted by Crippen LogP contribution is -3.06. The van der Waals surface area contributed by atoms with Crippen molar-refractivity contribution in [1.82, 2.24) is 14.9 Å². The lowest BCUT2D eigenvalue weighted by Gasteiger charge is -2.18. The predicted molar refractivity (Wildman–Crippen MR) is 108 cm³/mol. The number of hydrogen-bond acceptors (Lipinski definition) is 4. The predicted octanol–water partition coefficient (Wildman–Crippen LogP) is 2.43. The zero-order chi connectivity index (χ0) is 19.4. The molecule has 0 atom stereocenters. The molecule has 140 valence electrons. The monoisotopic (exact) mass is 381 g/mol. The molecule has 3 aromatic rings. The number of hydrogen-bond donors (Lipinski definition) is 2. The molecule has 0 bridgehead atoms. The van der Waals surface area contributed by atoms with Gasteiger partial charge in [0.25, 0.3) is 0 Å². The average molecular weight is 382 g/mol. The van der Waals surface area contributed by atoms with Crippen LogP contribution in [0.3, 0.4) is 0 Å². The minimum atomic E-state index is -0.0530. The van der Waals surface area contributed by atoms with E-state index < -0.39 is 0 Å². The van der Waals surface area contributed by atoms with Crippen molar-refractivity contribution in [1.29, 1.82) is 0 Å². The first kappa shape index (κ1) is 19.0. The van der Waals surface area contributed by atoms with Gasteiger partial charge in [0.1, 0.15) is 5.69 Å². The summed E-state index contributed by atoms with van der Waals surface area (Å²) in [7, 11) is 0. The van der Waals surface area contributed by atoms with Crippen LogP contribution in [0.4, 0.5) is 5.69 Å². The van der Waals surface area contributed by atoms with E-state index >= 15 is 0 Å². The Bertz CT molecular complexity index is 1020. The van der Waals surface area contributed by atoms with Crippen LogP contribution < -0.4 is 10.0 Å². The molecule has 0 amide bonds. The second-order valence-electron chi connectivity index (χ2n) is 6.34. The van der Waals surface area contributed by atoms with Gasteiger partial charge < -0.3 is 10.0 Å². The zero-order valence-electron chi connectivity index (χ0n) is 15.7. The Morgan fingerprint density at radius 1 is 1.22 bits per heavy atom. The molecule has 2 N–H and O–H groups in total. The number of aryl methyl sites for hydroxylation is 1. The Labute approximate surface area is 163 Å². The minimum absolute atomic E-state index is 0.0530. The molecule has 0 aliphatic rings. The number of aromatic nitrogens is 3. The second kappa shape index (κ2) is 8.28. The molecule has 0 aliphatic carbocycles. The largest absolute Gasteiger partial charge is 0.872 e. The quantitative estimate of drug-likeness (QED) is 0.509. The van der Waals surface area contributed by atoms with Crippen LogP contribution >= 0.6 is 12.2 Å². The van der Waals surface area contributed by atoms with Crippen molar-refractivity contribution in [3.05, 3.63) is 58.4 Å². The molecule has 0 fully saturated rings. The molecule has 0 radical (unpaired) electrons. The summed E-state index contributed by atoms with van der Waals surface area (Å²) in [6.45, 7) is 8.10. The third kappa shape index (κ3) is 4.15. The third-order valence-electron chi connectivity index (χ3n) is 4.51. The van der Waals surface area contributed by atoms with Crippen LogP contribution in [0.15, 0.2) is 47.6 Å². The number of aromatic amines is 1. The van der Waals surface area contributed by atoms with Crippen molar-refractivity contribution in [2.75, 3.05) is 13.1 Å². The molecule has 0 spiro atoms. The van der Waals surface area contributed by atoms with Gasteiger partial charge >= 0.3 is 0 Å². The number of rotatable bonds is 6. The Morgan fingerprint density at radius 3 is 2.67 bits per heavy atom. The van der Waals surface area contributed by atoms with E-state index in [0.29, 0.717) is 16.2 Å². The number of benzene rings is 2. The van der Waals surface area contributed by atoms with E-state index in [9.17, 15) is 5.11 Å². The zero-order valence-corrected chi connectivity index (χ0v) is 16.5. The van der Waals surface area contributed by atoms with Gasteiger partial charge in [0.2, 0.25) is 4.77 Å². The summed E-state index contributed by atoms with van der Waals surface area (Å²) in [4.78, 5) is 1.27. The fourth-order valence-electron chi connectivity index (χ4n) is 3.01. The van der Waals surface area contributed by atoms with Gasteiger partial charge in [-0.1, -0.05) is 29.5 Å². The molecule has 0 saturated carbocycles. The summed E-state index contributed by atoms with van der Waals surface area (Å²) >= 11 is 5.29. The van der Waals surface area contributed by atoms with Gasteiger partial charge in [0.05, 0.1) is 19.3 Å². The SMILES string of the molecule is CC[NH+](CC)c1ccc(C=Nn2c(-c3cccc(C)c3)n[nH]c2=S)c([O-])c1. The van der Waals surface area contributed by atoms with Gasteiger partial charge in [-0.15, -0.1) is 0 Å². The number of H-pyrrole nitrogens is 1. The molecular formula is C20H23N5OS. The van der Waals surface area contributed by atoms with Crippen LogP contribution in [0.2, 0.25) is 0 Å². The van der Waals surface area contributed by atoms with Gasteiger partial charge in [0.15, 0.2) is 5.82 Å². The van der Waals surface area contributed by atoms with Crippen LogP contribution in [0.5, 0.6) is 5.75 Å². The number of nitrogens with one attached hydrogen (secondary N) is 2. The smallest absolute Gasteiger partial charge is 0.216 e. The van der Waals surface area contributed by atoms with E-state index in [2.05, 4.69) is 29.1 Å². The minimum Gasteiger partial charge on any atom is -0.872 e. The fraction of sp³-hybridized carbons (Fsp3) is 0.250. The van der Waals surface area contributed by atoms with Crippen LogP contribution in [0.1, 0.15) is 25.0 Å². The molecular weight excluding hydrogens is 358 g/mol. The summed E-state index contributed by atoms with van der Waals surface area (Å²) < 4.78 is 1.91. The van der Waals surface area contributed by atoms with Gasteiger partial charge in [-0.25, -0.2) is 5.10 Å². The first-order chi connectivity index (χ1) is 13.0. The third-order valence-corrected chi connectivity index (χ3v) is 4.78. The van der Waals surface area contributed by atoms with E-state index in [1.54, 1.807) is 6.07 Å². The first-order valence-corrected chi connectivity index (χ1v) is 9.39. The maximum atomic E-state index is 12.5. The molecule has 0 saturated heterocycles. The van der Waals surface area contributed by atoms with Crippen molar-refractivity contribution in [3.63, 3.8) is 0 Å². The molecule has 6 nitrogen and oxygen atoms in total. The van der Waals surface area contributed by atoms with Crippen LogP contribution in [-0.4, -0.2) is 34.2 Å². The Balaban J connectivity index is 1.93. The second-order valence-corrected chi connectivity index (χ2v) is 6.73. The topological polar surface area (TPSA) is 73.5 Å². The highest BCUT2D eigenvalue weighted by atomic mass is 32.1. The average Bonchev–Trinajstić information content (AvgIpc) is 3.03. The van der Waals surface area contributed by atoms with Crippen LogP contribution in [0, 0.1) is 11.7 Å². The summed E-state index contributed by atoms with van der Waals surface area (Å²) in [5.74, 6) is 0.555. The molecule has 3 rings (SSSR count). The molecule has 7 heteroatoms. The Morgan fingerprint density at radius 2 is 2.00 bits per heavy atom. The summed E-state index contributed by atoms with van der Waals surface area (Å²) in [6.07, 6.45) is 1.54. The van der Waals surface area contributed by atoms with Gasteiger partial charge in [-0.2, -0.15) is 14.9 Å². The standard InChI is InChI=1S/C20H23N5OS/c1-4-24(5-2)17-10-9-16(18(26)12-17)13-21-25-19(22-23-20(25)27)15-8-6-7-14(3)11-15/h6-13,26H,4-5H2,1-3H3,(H,23,27). The highest BCUT2D eigenvalue weighted by Gasteiger charge is 2.09. The fourth-order valence-corrected chi connectivity index (χ4v) is 3.19. The van der Waals surface area contributed by atoms with Gasteiger partial charge in [0, 0.05) is 5.56 Å². The van der Waals surface area contributed by atoms with Gasteiger partial charge in [-0.05, 0) is 62.8 Å².